The summed E-state index contributed by atoms with van der Waals surface area (Å²) in [6, 6.07) is 12.5. The first kappa shape index (κ1) is 21.2. The molecule has 8 heteroatoms. The number of aromatic nitrogens is 3. The maximum Gasteiger partial charge on any atom is 0.391 e. The third kappa shape index (κ3) is 4.05. The van der Waals surface area contributed by atoms with Gasteiger partial charge in [0.05, 0.1) is 47.6 Å². The van der Waals surface area contributed by atoms with Gasteiger partial charge in [-0.25, -0.2) is 9.97 Å². The van der Waals surface area contributed by atoms with Crippen LogP contribution in [-0.4, -0.2) is 40.5 Å². The molecule has 0 atom stereocenters. The van der Waals surface area contributed by atoms with Crippen molar-refractivity contribution >= 4 is 45.0 Å². The molecule has 1 aromatic carbocycles. The summed E-state index contributed by atoms with van der Waals surface area (Å²) in [5.41, 5.74) is 11.5. The van der Waals surface area contributed by atoms with Crippen LogP contribution in [0, 0.1) is 0 Å². The third-order valence-corrected chi connectivity index (χ3v) is 8.52. The lowest BCUT2D eigenvalue weighted by atomic mass is 10.00. The van der Waals surface area contributed by atoms with E-state index in [1.165, 1.54) is 23.5 Å². The number of pyridine rings is 1. The molecule has 0 amide bonds. The highest BCUT2D eigenvalue weighted by atomic mass is 32.2. The molecule has 4 N–H and O–H groups in total. The first-order valence-corrected chi connectivity index (χ1v) is 12.5. The van der Waals surface area contributed by atoms with Crippen LogP contribution in [0.2, 0.25) is 0 Å². The molecule has 0 aliphatic heterocycles. The Morgan fingerprint density at radius 1 is 1.25 bits per heavy atom. The van der Waals surface area contributed by atoms with Gasteiger partial charge in [-0.3, -0.25) is 4.90 Å². The fourth-order valence-electron chi connectivity index (χ4n) is 3.77. The predicted molar refractivity (Wildman–Crippen MR) is 133 cm³/mol. The number of aliphatic hydroxyl groups excluding tert-OH is 1. The summed E-state index contributed by atoms with van der Waals surface area (Å²) < 4.78 is 1.18. The molecule has 0 saturated heterocycles. The number of rotatable bonds is 7. The summed E-state index contributed by atoms with van der Waals surface area (Å²) in [6.07, 6.45) is 7.58. The number of nitrogens with two attached hydrogens (primary N) is 1. The zero-order valence-electron chi connectivity index (χ0n) is 17.9. The van der Waals surface area contributed by atoms with Crippen LogP contribution >= 0.6 is 23.1 Å². The zero-order valence-corrected chi connectivity index (χ0v) is 19.5. The van der Waals surface area contributed by atoms with E-state index >= 15 is 0 Å². The predicted octanol–water partition coefficient (Wildman–Crippen LogP) is 4.49. The van der Waals surface area contributed by atoms with Crippen molar-refractivity contribution in [1.29, 1.82) is 0 Å². The summed E-state index contributed by atoms with van der Waals surface area (Å²) in [5, 5.41) is 10.9. The van der Waals surface area contributed by atoms with Gasteiger partial charge in [-0.15, -0.1) is 23.1 Å². The lowest BCUT2D eigenvalue weighted by molar-refractivity contribution is -0.367. The minimum absolute atomic E-state index is 0.0768. The molecule has 5 rings (SSSR count). The molecule has 3 aromatic heterocycles. The number of thiophene rings is 1. The number of hydrogen-bond acceptors (Lipinski definition) is 7. The van der Waals surface area contributed by atoms with Gasteiger partial charge in [0.25, 0.3) is 0 Å². The number of H-pyrrole nitrogens is 1. The van der Waals surface area contributed by atoms with Gasteiger partial charge in [0, 0.05) is 10.6 Å². The average Bonchev–Trinajstić information content (AvgIpc) is 3.12. The fraction of sp³-hybridized carbons (Fsp3) is 0.292. The summed E-state index contributed by atoms with van der Waals surface area (Å²) in [5.74, 6) is 0.701. The van der Waals surface area contributed by atoms with Gasteiger partial charge >= 0.3 is 5.95 Å². The molecule has 164 valence electrons. The van der Waals surface area contributed by atoms with Crippen molar-refractivity contribution in [3.63, 3.8) is 0 Å². The number of nitrogens with one attached hydrogen (secondary N) is 1. The first-order valence-electron chi connectivity index (χ1n) is 10.8. The van der Waals surface area contributed by atoms with Crippen molar-refractivity contribution in [2.45, 2.75) is 28.7 Å². The molecule has 0 radical (unpaired) electrons. The number of benzene rings is 1. The van der Waals surface area contributed by atoms with Crippen molar-refractivity contribution in [3.8, 4) is 22.4 Å². The van der Waals surface area contributed by atoms with E-state index in [0.29, 0.717) is 17.7 Å². The Labute approximate surface area is 195 Å². The number of aliphatic hydroxyl groups is 1. The van der Waals surface area contributed by atoms with Crippen molar-refractivity contribution in [3.05, 3.63) is 48.8 Å². The lowest BCUT2D eigenvalue weighted by Gasteiger charge is -2.23. The highest BCUT2D eigenvalue weighted by Gasteiger charge is 2.24. The molecule has 1 saturated carbocycles. The van der Waals surface area contributed by atoms with E-state index in [9.17, 15) is 0 Å². The number of thioether (sulfide) groups is 1. The van der Waals surface area contributed by atoms with Gasteiger partial charge in [0.15, 0.2) is 0 Å². The van der Waals surface area contributed by atoms with Gasteiger partial charge in [-0.05, 0) is 30.0 Å². The Bertz CT molecular complexity index is 1220. The van der Waals surface area contributed by atoms with Crippen molar-refractivity contribution in [2.24, 2.45) is 0 Å². The van der Waals surface area contributed by atoms with E-state index in [1.54, 1.807) is 11.3 Å². The summed E-state index contributed by atoms with van der Waals surface area (Å²) in [4.78, 5) is 15.6. The maximum atomic E-state index is 9.16. The fourth-order valence-corrected chi connectivity index (χ4v) is 6.57. The number of anilines is 2. The van der Waals surface area contributed by atoms with Crippen molar-refractivity contribution in [1.82, 2.24) is 9.97 Å². The summed E-state index contributed by atoms with van der Waals surface area (Å²) in [6.45, 7) is 0.592. The average molecular weight is 465 g/mol. The molecule has 6 nitrogen and oxygen atoms in total. The van der Waals surface area contributed by atoms with Crippen LogP contribution in [0.25, 0.3) is 32.6 Å². The SMILES string of the molecule is CN(CCO)c1ncc(-c2cc(-c3ccccc3)c3c(N)c(SC4CCC4)sc3n2)c[nH+]1. The smallest absolute Gasteiger partial charge is 0.391 e. The van der Waals surface area contributed by atoms with Gasteiger partial charge in [-0.1, -0.05) is 41.7 Å². The second kappa shape index (κ2) is 9.05. The topological polar surface area (TPSA) is 89.4 Å². The van der Waals surface area contributed by atoms with Crippen LogP contribution in [0.5, 0.6) is 0 Å². The minimum atomic E-state index is 0.0768. The normalized spacial score (nSPS) is 13.9. The van der Waals surface area contributed by atoms with Gasteiger partial charge < -0.3 is 10.8 Å². The Morgan fingerprint density at radius 3 is 2.72 bits per heavy atom. The van der Waals surface area contributed by atoms with Crippen LogP contribution in [0.4, 0.5) is 11.6 Å². The largest absolute Gasteiger partial charge is 0.397 e. The molecule has 1 fully saturated rings. The molecule has 32 heavy (non-hydrogen) atoms. The number of aromatic amines is 1. The maximum absolute atomic E-state index is 9.16. The van der Waals surface area contributed by atoms with Gasteiger partial charge in [0.1, 0.15) is 11.0 Å². The standard InChI is InChI=1S/C24H25N5OS2/c1-29(10-11-30)24-26-13-16(14-27-24)19-12-18(15-6-3-2-4-7-15)20-21(25)23(32-22(20)28-19)31-17-8-5-9-17/h2-4,6-7,12-14,17,30H,5,8-11,25H2,1H3/p+1. The first-order chi connectivity index (χ1) is 15.6. The molecule has 3 heterocycles. The summed E-state index contributed by atoms with van der Waals surface area (Å²) >= 11 is 3.60. The van der Waals surface area contributed by atoms with Crippen LogP contribution in [0.1, 0.15) is 19.3 Å². The van der Waals surface area contributed by atoms with Gasteiger partial charge in [0.2, 0.25) is 0 Å². The number of likely N-dealkylation sites (N-methyl/N-ethyl adjacent to an activating group) is 1. The summed E-state index contributed by atoms with van der Waals surface area (Å²) in [7, 11) is 1.89. The monoisotopic (exact) mass is 464 g/mol. The number of nitrogen functional groups attached to an aromatic ring is 1. The Morgan fingerprint density at radius 2 is 2.06 bits per heavy atom. The van der Waals surface area contributed by atoms with E-state index in [1.807, 2.05) is 42.2 Å². The Balaban J connectivity index is 1.60. The molecule has 4 aromatic rings. The zero-order chi connectivity index (χ0) is 22.1. The molecule has 0 bridgehead atoms. The Hall–Kier alpha value is -2.68. The van der Waals surface area contributed by atoms with E-state index in [-0.39, 0.29) is 6.61 Å². The van der Waals surface area contributed by atoms with Crippen LogP contribution in [-0.2, 0) is 0 Å². The van der Waals surface area contributed by atoms with E-state index in [4.69, 9.17) is 15.8 Å². The van der Waals surface area contributed by atoms with E-state index in [0.717, 1.165) is 38.3 Å². The molecule has 0 spiro atoms. The van der Waals surface area contributed by atoms with Crippen LogP contribution in [0.15, 0.2) is 53.0 Å². The third-order valence-electron chi connectivity index (χ3n) is 5.85. The van der Waals surface area contributed by atoms with Crippen molar-refractivity contribution in [2.75, 3.05) is 30.8 Å². The second-order valence-corrected chi connectivity index (χ2v) is 10.6. The van der Waals surface area contributed by atoms with Crippen LogP contribution in [0.3, 0.4) is 0 Å². The molecular weight excluding hydrogens is 438 g/mol. The number of nitrogens with zero attached hydrogens (tertiary/aromatic N) is 3. The highest BCUT2D eigenvalue weighted by molar-refractivity contribution is 8.02. The quantitative estimate of drug-likeness (QED) is 0.419. The van der Waals surface area contributed by atoms with E-state index in [2.05, 4.69) is 40.3 Å². The number of fused-ring (bicyclic) bond motifs is 1. The van der Waals surface area contributed by atoms with Crippen LogP contribution < -0.4 is 15.6 Å². The second-order valence-electron chi connectivity index (χ2n) is 8.05. The minimum Gasteiger partial charge on any atom is -0.397 e. The Kier molecular flexibility index (Phi) is 5.99. The highest BCUT2D eigenvalue weighted by Crippen LogP contribution is 2.48. The lowest BCUT2D eigenvalue weighted by Crippen LogP contribution is -2.28. The molecule has 0 unspecified atom stereocenters. The molecule has 1 aliphatic carbocycles. The molecule has 1 aliphatic rings. The van der Waals surface area contributed by atoms with Crippen molar-refractivity contribution < 1.29 is 10.1 Å². The number of hydrogen-bond donors (Lipinski definition) is 2. The van der Waals surface area contributed by atoms with E-state index < -0.39 is 0 Å². The van der Waals surface area contributed by atoms with Gasteiger partial charge in [-0.2, -0.15) is 0 Å². The molecular formula is C24H26N5OS2+.